The van der Waals surface area contributed by atoms with Gasteiger partial charge in [0.1, 0.15) is 0 Å². The lowest BCUT2D eigenvalue weighted by Gasteiger charge is -2.22. The van der Waals surface area contributed by atoms with Crippen LogP contribution in [-0.2, 0) is 0 Å². The molecule has 0 amide bonds. The Morgan fingerprint density at radius 3 is 2.00 bits per heavy atom. The molecule has 0 aromatic rings. The molecular weight excluding hydrogens is 110 g/mol. The highest BCUT2D eigenvalue weighted by Gasteiger charge is 2.03. The Bertz CT molecular complexity index is 74.6. The van der Waals surface area contributed by atoms with E-state index in [1.807, 2.05) is 6.08 Å². The summed E-state index contributed by atoms with van der Waals surface area (Å²) in [5.74, 6) is 0. The minimum absolute atomic E-state index is 0.528. The lowest BCUT2D eigenvalue weighted by molar-refractivity contribution is 0.268. The van der Waals surface area contributed by atoms with Crippen LogP contribution >= 0.6 is 0 Å². The van der Waals surface area contributed by atoms with Crippen molar-refractivity contribution in [2.45, 2.75) is 26.8 Å². The van der Waals surface area contributed by atoms with Gasteiger partial charge in [0.05, 0.1) is 0 Å². The molecule has 0 aliphatic carbocycles. The Kier molecular flexibility index (Phi) is 4.41. The third kappa shape index (κ3) is 2.66. The molecule has 0 heterocycles. The molecule has 9 heavy (non-hydrogen) atoms. The third-order valence-electron chi connectivity index (χ3n) is 1.73. The largest absolute Gasteiger partial charge is 0.298 e. The summed E-state index contributed by atoms with van der Waals surface area (Å²) in [6.07, 6.45) is 1.98. The fourth-order valence-electron chi connectivity index (χ4n) is 0.949. The average Bonchev–Trinajstić information content (AvgIpc) is 1.90. The number of hydrogen-bond acceptors (Lipinski definition) is 1. The van der Waals surface area contributed by atoms with Crippen molar-refractivity contribution in [2.75, 3.05) is 13.1 Å². The van der Waals surface area contributed by atoms with Crippen molar-refractivity contribution < 1.29 is 0 Å². The minimum Gasteiger partial charge on any atom is -0.298 e. The van der Waals surface area contributed by atoms with Crippen molar-refractivity contribution in [3.8, 4) is 0 Å². The predicted octanol–water partition coefficient (Wildman–Crippen LogP) is 1.90. The van der Waals surface area contributed by atoms with Gasteiger partial charge in [-0.3, -0.25) is 4.90 Å². The molecule has 0 saturated heterocycles. The molecule has 0 aliphatic heterocycles. The van der Waals surface area contributed by atoms with Gasteiger partial charge in [0.15, 0.2) is 0 Å². The van der Waals surface area contributed by atoms with E-state index in [4.69, 9.17) is 0 Å². The van der Waals surface area contributed by atoms with Crippen LogP contribution in [-0.4, -0.2) is 24.0 Å². The highest BCUT2D eigenvalue weighted by Crippen LogP contribution is 1.97. The molecule has 0 rings (SSSR count). The molecule has 1 heteroatoms. The van der Waals surface area contributed by atoms with E-state index in [2.05, 4.69) is 32.3 Å². The molecule has 0 saturated carbocycles. The topological polar surface area (TPSA) is 3.24 Å². The number of nitrogens with zero attached hydrogens (tertiary/aromatic N) is 1. The summed E-state index contributed by atoms with van der Waals surface area (Å²) in [4.78, 5) is 2.35. The standard InChI is InChI=1S/C8H17N/c1-5-8(4)9(6-2)7-3/h5,8H,1,6-7H2,2-4H3. The highest BCUT2D eigenvalue weighted by molar-refractivity contribution is 4.82. The summed E-state index contributed by atoms with van der Waals surface area (Å²) >= 11 is 0. The van der Waals surface area contributed by atoms with Gasteiger partial charge in [-0.1, -0.05) is 19.9 Å². The molecule has 0 aliphatic rings. The quantitative estimate of drug-likeness (QED) is 0.521. The Hall–Kier alpha value is -0.300. The van der Waals surface area contributed by atoms with E-state index in [0.29, 0.717) is 6.04 Å². The zero-order valence-electron chi connectivity index (χ0n) is 6.72. The zero-order chi connectivity index (χ0) is 7.28. The number of hydrogen-bond donors (Lipinski definition) is 0. The molecule has 0 spiro atoms. The lowest BCUT2D eigenvalue weighted by atomic mass is 10.3. The van der Waals surface area contributed by atoms with Gasteiger partial charge in [-0.05, 0) is 20.0 Å². The van der Waals surface area contributed by atoms with Gasteiger partial charge in [0, 0.05) is 6.04 Å². The molecule has 54 valence electrons. The van der Waals surface area contributed by atoms with Gasteiger partial charge in [-0.25, -0.2) is 0 Å². The summed E-state index contributed by atoms with van der Waals surface area (Å²) in [6, 6.07) is 0.528. The van der Waals surface area contributed by atoms with E-state index in [0.717, 1.165) is 13.1 Å². The summed E-state index contributed by atoms with van der Waals surface area (Å²) < 4.78 is 0. The van der Waals surface area contributed by atoms with Crippen molar-refractivity contribution in [2.24, 2.45) is 0 Å². The van der Waals surface area contributed by atoms with Crippen LogP contribution in [0.2, 0.25) is 0 Å². The van der Waals surface area contributed by atoms with Gasteiger partial charge >= 0.3 is 0 Å². The van der Waals surface area contributed by atoms with Crippen LogP contribution in [0.1, 0.15) is 20.8 Å². The van der Waals surface area contributed by atoms with E-state index in [1.54, 1.807) is 0 Å². The summed E-state index contributed by atoms with van der Waals surface area (Å²) in [6.45, 7) is 12.5. The van der Waals surface area contributed by atoms with Crippen LogP contribution in [0.4, 0.5) is 0 Å². The average molecular weight is 127 g/mol. The minimum atomic E-state index is 0.528. The first-order chi connectivity index (χ1) is 4.26. The maximum absolute atomic E-state index is 3.74. The summed E-state index contributed by atoms with van der Waals surface area (Å²) in [7, 11) is 0. The Morgan fingerprint density at radius 2 is 1.89 bits per heavy atom. The molecule has 0 radical (unpaired) electrons. The second-order valence-electron chi connectivity index (χ2n) is 2.20. The van der Waals surface area contributed by atoms with Crippen molar-refractivity contribution in [1.29, 1.82) is 0 Å². The van der Waals surface area contributed by atoms with Crippen LogP contribution in [0.5, 0.6) is 0 Å². The van der Waals surface area contributed by atoms with Crippen LogP contribution in [0, 0.1) is 0 Å². The normalized spacial score (nSPS) is 13.8. The first-order valence-electron chi connectivity index (χ1n) is 3.62. The van der Waals surface area contributed by atoms with Crippen molar-refractivity contribution in [1.82, 2.24) is 4.90 Å². The molecule has 0 N–H and O–H groups in total. The SMILES string of the molecule is C=CC(C)N(CC)CC. The summed E-state index contributed by atoms with van der Waals surface area (Å²) in [5.41, 5.74) is 0. The Morgan fingerprint density at radius 1 is 1.44 bits per heavy atom. The first kappa shape index (κ1) is 8.70. The monoisotopic (exact) mass is 127 g/mol. The van der Waals surface area contributed by atoms with E-state index in [9.17, 15) is 0 Å². The third-order valence-corrected chi connectivity index (χ3v) is 1.73. The van der Waals surface area contributed by atoms with E-state index in [1.165, 1.54) is 0 Å². The van der Waals surface area contributed by atoms with Crippen molar-refractivity contribution in [3.05, 3.63) is 12.7 Å². The molecular formula is C8H17N. The smallest absolute Gasteiger partial charge is 0.0247 e. The van der Waals surface area contributed by atoms with Crippen LogP contribution in [0.25, 0.3) is 0 Å². The molecule has 1 unspecified atom stereocenters. The van der Waals surface area contributed by atoms with Gasteiger partial charge in [0.2, 0.25) is 0 Å². The second-order valence-corrected chi connectivity index (χ2v) is 2.20. The van der Waals surface area contributed by atoms with Crippen molar-refractivity contribution in [3.63, 3.8) is 0 Å². The maximum atomic E-state index is 3.74. The van der Waals surface area contributed by atoms with Crippen LogP contribution in [0.3, 0.4) is 0 Å². The zero-order valence-corrected chi connectivity index (χ0v) is 6.72. The molecule has 0 aromatic carbocycles. The van der Waals surface area contributed by atoms with Gasteiger partial charge < -0.3 is 0 Å². The van der Waals surface area contributed by atoms with Crippen molar-refractivity contribution >= 4 is 0 Å². The maximum Gasteiger partial charge on any atom is 0.0247 e. The fourth-order valence-corrected chi connectivity index (χ4v) is 0.949. The second kappa shape index (κ2) is 4.57. The number of likely N-dealkylation sites (N-methyl/N-ethyl adjacent to an activating group) is 1. The van der Waals surface area contributed by atoms with Gasteiger partial charge in [-0.15, -0.1) is 6.58 Å². The van der Waals surface area contributed by atoms with Crippen LogP contribution < -0.4 is 0 Å². The lowest BCUT2D eigenvalue weighted by Crippen LogP contribution is -2.30. The number of rotatable bonds is 4. The van der Waals surface area contributed by atoms with Gasteiger partial charge in [-0.2, -0.15) is 0 Å². The molecule has 0 aromatic heterocycles. The predicted molar refractivity (Wildman–Crippen MR) is 42.6 cm³/mol. The van der Waals surface area contributed by atoms with Crippen LogP contribution in [0.15, 0.2) is 12.7 Å². The molecule has 0 bridgehead atoms. The Balaban J connectivity index is 3.63. The Labute approximate surface area is 58.4 Å². The molecule has 1 atom stereocenters. The fraction of sp³-hybridized carbons (Fsp3) is 0.750. The van der Waals surface area contributed by atoms with E-state index >= 15 is 0 Å². The first-order valence-corrected chi connectivity index (χ1v) is 3.62. The van der Waals surface area contributed by atoms with E-state index < -0.39 is 0 Å². The molecule has 0 fully saturated rings. The molecule has 1 nitrogen and oxygen atoms in total. The van der Waals surface area contributed by atoms with E-state index in [-0.39, 0.29) is 0 Å². The highest BCUT2D eigenvalue weighted by atomic mass is 15.1. The van der Waals surface area contributed by atoms with Gasteiger partial charge in [0.25, 0.3) is 0 Å². The summed E-state index contributed by atoms with van der Waals surface area (Å²) in [5, 5.41) is 0.